The Labute approximate surface area is 158 Å². The number of carbonyl (C=O) groups is 2. The quantitative estimate of drug-likeness (QED) is 0.821. The summed E-state index contributed by atoms with van der Waals surface area (Å²) in [6.45, 7) is 3.56. The molecule has 3 heterocycles. The van der Waals surface area contributed by atoms with E-state index in [4.69, 9.17) is 4.52 Å². The molecule has 2 amide bonds. The first-order valence-corrected chi connectivity index (χ1v) is 9.19. The summed E-state index contributed by atoms with van der Waals surface area (Å²) in [5.74, 6) is 0.595. The molecule has 0 aliphatic carbocycles. The minimum Gasteiger partial charge on any atom is -0.370 e. The molecule has 1 aliphatic heterocycles. The first-order chi connectivity index (χ1) is 13.0. The summed E-state index contributed by atoms with van der Waals surface area (Å²) in [5, 5.41) is 7.07. The summed E-state index contributed by atoms with van der Waals surface area (Å²) in [5.41, 5.74) is 1.60. The number of rotatable bonds is 1. The second-order valence-corrected chi connectivity index (χ2v) is 6.77. The van der Waals surface area contributed by atoms with Gasteiger partial charge in [-0.25, -0.2) is 4.98 Å². The zero-order chi connectivity index (χ0) is 19.2. The van der Waals surface area contributed by atoms with Gasteiger partial charge in [-0.15, -0.1) is 0 Å². The number of likely N-dealkylation sites (N-methyl/N-ethyl adjacent to an activating group) is 1. The molecule has 27 heavy (non-hydrogen) atoms. The Balaban J connectivity index is 1.77. The van der Waals surface area contributed by atoms with Crippen molar-refractivity contribution in [2.24, 2.45) is 0 Å². The van der Waals surface area contributed by atoms with Crippen LogP contribution in [-0.4, -0.2) is 65.0 Å². The fourth-order valence-electron chi connectivity index (χ4n) is 2.98. The van der Waals surface area contributed by atoms with E-state index in [-0.39, 0.29) is 24.1 Å². The number of nitrogens with one attached hydrogen (secondary N) is 1. The first-order valence-electron chi connectivity index (χ1n) is 9.19. The SMILES string of the molecule is Cc1cc(C(=O)N2CCCc3cccc(n3)NCCCN(C)C(=O)C2)on1. The number of aromatic nitrogens is 2. The number of pyridine rings is 1. The van der Waals surface area contributed by atoms with E-state index in [0.717, 1.165) is 30.9 Å². The van der Waals surface area contributed by atoms with Gasteiger partial charge in [-0.3, -0.25) is 9.59 Å². The van der Waals surface area contributed by atoms with Gasteiger partial charge in [0, 0.05) is 38.4 Å². The minimum absolute atomic E-state index is 0.0238. The molecule has 1 N–H and O–H groups in total. The van der Waals surface area contributed by atoms with E-state index in [1.54, 1.807) is 24.9 Å². The molecule has 0 radical (unpaired) electrons. The van der Waals surface area contributed by atoms with Crippen LogP contribution >= 0.6 is 0 Å². The van der Waals surface area contributed by atoms with Crippen LogP contribution in [0.4, 0.5) is 5.82 Å². The molecule has 0 atom stereocenters. The highest BCUT2D eigenvalue weighted by Gasteiger charge is 2.23. The van der Waals surface area contributed by atoms with Gasteiger partial charge in [-0.2, -0.15) is 0 Å². The lowest BCUT2D eigenvalue weighted by Crippen LogP contribution is -2.42. The van der Waals surface area contributed by atoms with E-state index in [9.17, 15) is 9.59 Å². The van der Waals surface area contributed by atoms with Crippen LogP contribution < -0.4 is 5.32 Å². The Kier molecular flexibility index (Phi) is 6.05. The molecule has 2 aromatic rings. The van der Waals surface area contributed by atoms with Gasteiger partial charge in [0.15, 0.2) is 0 Å². The van der Waals surface area contributed by atoms with Crippen molar-refractivity contribution in [1.29, 1.82) is 0 Å². The minimum atomic E-state index is -0.312. The number of amides is 2. The smallest absolute Gasteiger partial charge is 0.292 e. The summed E-state index contributed by atoms with van der Waals surface area (Å²) in [4.78, 5) is 33.1. The predicted octanol–water partition coefficient (Wildman–Crippen LogP) is 1.73. The zero-order valence-corrected chi connectivity index (χ0v) is 15.8. The Morgan fingerprint density at radius 2 is 2.11 bits per heavy atom. The molecule has 1 aliphatic rings. The third kappa shape index (κ3) is 5.06. The molecule has 8 nitrogen and oxygen atoms in total. The number of anilines is 1. The second kappa shape index (κ2) is 8.66. The van der Waals surface area contributed by atoms with Crippen LogP contribution in [0, 0.1) is 6.92 Å². The molecule has 0 unspecified atom stereocenters. The topological polar surface area (TPSA) is 91.6 Å². The molecule has 144 valence electrons. The molecular formula is C19H25N5O3. The number of hydrogen-bond donors (Lipinski definition) is 1. The van der Waals surface area contributed by atoms with E-state index < -0.39 is 0 Å². The second-order valence-electron chi connectivity index (χ2n) is 6.77. The van der Waals surface area contributed by atoms with Gasteiger partial charge in [0.2, 0.25) is 11.7 Å². The summed E-state index contributed by atoms with van der Waals surface area (Å²) in [7, 11) is 1.76. The van der Waals surface area contributed by atoms with Crippen LogP contribution in [0.2, 0.25) is 0 Å². The van der Waals surface area contributed by atoms with Gasteiger partial charge in [-0.1, -0.05) is 11.2 Å². The normalized spacial score (nSPS) is 16.6. The average Bonchev–Trinajstić information content (AvgIpc) is 3.09. The summed E-state index contributed by atoms with van der Waals surface area (Å²) in [6, 6.07) is 7.49. The van der Waals surface area contributed by atoms with Crippen molar-refractivity contribution in [3.05, 3.63) is 41.4 Å². The lowest BCUT2D eigenvalue weighted by molar-refractivity contribution is -0.130. The van der Waals surface area contributed by atoms with Crippen molar-refractivity contribution < 1.29 is 14.1 Å². The van der Waals surface area contributed by atoms with Crippen LogP contribution in [-0.2, 0) is 11.2 Å². The van der Waals surface area contributed by atoms with Crippen LogP contribution in [0.1, 0.15) is 34.8 Å². The number of aryl methyl sites for hydroxylation is 2. The van der Waals surface area contributed by atoms with Crippen LogP contribution in [0.5, 0.6) is 0 Å². The van der Waals surface area contributed by atoms with Crippen LogP contribution in [0.3, 0.4) is 0 Å². The highest BCUT2D eigenvalue weighted by atomic mass is 16.5. The third-order valence-corrected chi connectivity index (χ3v) is 4.52. The van der Waals surface area contributed by atoms with Crippen molar-refractivity contribution in [1.82, 2.24) is 19.9 Å². The highest BCUT2D eigenvalue weighted by Crippen LogP contribution is 2.11. The average molecular weight is 371 g/mol. The zero-order valence-electron chi connectivity index (χ0n) is 15.8. The van der Waals surface area contributed by atoms with Gasteiger partial charge in [0.1, 0.15) is 12.4 Å². The molecule has 3 rings (SSSR count). The summed E-state index contributed by atoms with van der Waals surface area (Å²) >= 11 is 0. The number of nitrogens with zero attached hydrogens (tertiary/aromatic N) is 4. The molecule has 8 heteroatoms. The maximum absolute atomic E-state index is 12.8. The monoisotopic (exact) mass is 371 g/mol. The summed E-state index contributed by atoms with van der Waals surface area (Å²) in [6.07, 6.45) is 2.22. The van der Waals surface area contributed by atoms with Gasteiger partial charge in [0.25, 0.3) is 5.91 Å². The molecule has 0 fully saturated rings. The Bertz CT molecular complexity index is 804. The molecule has 2 aromatic heterocycles. The Hall–Kier alpha value is -2.90. The van der Waals surface area contributed by atoms with E-state index in [0.29, 0.717) is 25.2 Å². The van der Waals surface area contributed by atoms with Gasteiger partial charge in [-0.05, 0) is 38.3 Å². The van der Waals surface area contributed by atoms with Crippen LogP contribution in [0.15, 0.2) is 28.8 Å². The van der Waals surface area contributed by atoms with Crippen molar-refractivity contribution in [2.75, 3.05) is 38.5 Å². The molecule has 2 bridgehead atoms. The van der Waals surface area contributed by atoms with Crippen molar-refractivity contribution >= 4 is 17.6 Å². The van der Waals surface area contributed by atoms with Gasteiger partial charge < -0.3 is 19.6 Å². The maximum Gasteiger partial charge on any atom is 0.292 e. The fraction of sp³-hybridized carbons (Fsp3) is 0.474. The van der Waals surface area contributed by atoms with E-state index in [1.165, 1.54) is 4.90 Å². The van der Waals surface area contributed by atoms with Gasteiger partial charge >= 0.3 is 0 Å². The molecule has 0 saturated carbocycles. The predicted molar refractivity (Wildman–Crippen MR) is 100 cm³/mol. The third-order valence-electron chi connectivity index (χ3n) is 4.52. The Morgan fingerprint density at radius 3 is 2.89 bits per heavy atom. The van der Waals surface area contributed by atoms with E-state index in [1.807, 2.05) is 18.2 Å². The van der Waals surface area contributed by atoms with Crippen molar-refractivity contribution in [3.8, 4) is 0 Å². The number of fused-ring (bicyclic) bond motifs is 2. The number of hydrogen-bond acceptors (Lipinski definition) is 6. The fourth-order valence-corrected chi connectivity index (χ4v) is 2.98. The maximum atomic E-state index is 12.8. The Morgan fingerprint density at radius 1 is 1.26 bits per heavy atom. The van der Waals surface area contributed by atoms with E-state index >= 15 is 0 Å². The molecular weight excluding hydrogens is 346 g/mol. The lowest BCUT2D eigenvalue weighted by atomic mass is 10.2. The lowest BCUT2D eigenvalue weighted by Gasteiger charge is -2.25. The first kappa shape index (κ1) is 18.9. The van der Waals surface area contributed by atoms with E-state index in [2.05, 4.69) is 15.5 Å². The van der Waals surface area contributed by atoms with Gasteiger partial charge in [0.05, 0.1) is 5.69 Å². The molecule has 0 saturated heterocycles. The molecule has 0 spiro atoms. The summed E-state index contributed by atoms with van der Waals surface area (Å²) < 4.78 is 5.10. The van der Waals surface area contributed by atoms with Crippen molar-refractivity contribution in [2.45, 2.75) is 26.2 Å². The van der Waals surface area contributed by atoms with Crippen molar-refractivity contribution in [3.63, 3.8) is 0 Å². The van der Waals surface area contributed by atoms with Crippen LogP contribution in [0.25, 0.3) is 0 Å². The number of carbonyl (C=O) groups excluding carboxylic acids is 2. The largest absolute Gasteiger partial charge is 0.370 e. The highest BCUT2D eigenvalue weighted by molar-refractivity contribution is 5.94. The standard InChI is InChI=1S/C19H25N5O3/c1-14-12-16(27-22-14)19(26)24-11-4-7-15-6-3-8-17(21-15)20-9-5-10-23(2)18(25)13-24/h3,6,8,12H,4-5,7,9-11,13H2,1-2H3,(H,20,21). The molecule has 0 aromatic carbocycles.